The van der Waals surface area contributed by atoms with Gasteiger partial charge >= 0.3 is 5.97 Å². The summed E-state index contributed by atoms with van der Waals surface area (Å²) in [5.74, 6) is -1.24. The molecule has 1 aliphatic carbocycles. The third-order valence-corrected chi connectivity index (χ3v) is 3.78. The Morgan fingerprint density at radius 1 is 1.19 bits per heavy atom. The van der Waals surface area contributed by atoms with Crippen LogP contribution in [0.4, 0.5) is 0 Å². The van der Waals surface area contributed by atoms with Gasteiger partial charge in [0.25, 0.3) is 0 Å². The molecular weight excluding hydrogens is 210 g/mol. The molecule has 1 aliphatic heterocycles. The molecule has 0 aromatic carbocycles. The number of carboxylic acid groups (broad SMARTS) is 1. The number of carboxylic acids is 1. The van der Waals surface area contributed by atoms with E-state index in [1.165, 1.54) is 0 Å². The lowest BCUT2D eigenvalue weighted by molar-refractivity contribution is -0.168. The first kappa shape index (κ1) is 11.4. The molecule has 90 valence electrons. The summed E-state index contributed by atoms with van der Waals surface area (Å²) in [4.78, 5) is 24.9. The van der Waals surface area contributed by atoms with E-state index in [2.05, 4.69) is 0 Å². The van der Waals surface area contributed by atoms with Gasteiger partial charge in [0.2, 0.25) is 5.91 Å². The first-order valence-electron chi connectivity index (χ1n) is 5.77. The van der Waals surface area contributed by atoms with Crippen LogP contribution in [0.2, 0.25) is 0 Å². The zero-order valence-electron chi connectivity index (χ0n) is 9.19. The second-order valence-electron chi connectivity index (χ2n) is 4.76. The Morgan fingerprint density at radius 3 is 2.12 bits per heavy atom. The number of likely N-dealkylation sites (tertiary alicyclic amines) is 1. The van der Waals surface area contributed by atoms with E-state index in [1.54, 1.807) is 4.90 Å². The number of nitrogens with zero attached hydrogens (tertiary/aromatic N) is 1. The van der Waals surface area contributed by atoms with Gasteiger partial charge in [0, 0.05) is 13.1 Å². The molecule has 2 N–H and O–H groups in total. The molecule has 2 fully saturated rings. The van der Waals surface area contributed by atoms with Crippen LogP contribution in [0.3, 0.4) is 0 Å². The fourth-order valence-electron chi connectivity index (χ4n) is 2.42. The van der Waals surface area contributed by atoms with Crippen molar-refractivity contribution in [2.75, 3.05) is 13.1 Å². The van der Waals surface area contributed by atoms with Crippen LogP contribution in [0.5, 0.6) is 0 Å². The number of rotatable bonds is 2. The van der Waals surface area contributed by atoms with Crippen molar-refractivity contribution in [1.82, 2.24) is 4.90 Å². The summed E-state index contributed by atoms with van der Waals surface area (Å²) in [5, 5.41) is 18.5. The predicted molar refractivity (Wildman–Crippen MR) is 55.7 cm³/mol. The number of aliphatic hydroxyl groups is 1. The van der Waals surface area contributed by atoms with Crippen molar-refractivity contribution in [2.24, 2.45) is 5.41 Å². The van der Waals surface area contributed by atoms with Gasteiger partial charge in [-0.25, -0.2) is 0 Å². The first-order valence-corrected chi connectivity index (χ1v) is 5.77. The molecule has 0 spiro atoms. The van der Waals surface area contributed by atoms with Crippen LogP contribution in [0.15, 0.2) is 0 Å². The van der Waals surface area contributed by atoms with Crippen LogP contribution in [-0.4, -0.2) is 46.2 Å². The molecule has 5 nitrogen and oxygen atoms in total. The van der Waals surface area contributed by atoms with Gasteiger partial charge in [0.1, 0.15) is 5.41 Å². The lowest BCUT2D eigenvalue weighted by Crippen LogP contribution is -2.54. The number of carbonyl (C=O) groups excluding carboxylic acids is 1. The number of aliphatic hydroxyl groups excluding tert-OH is 1. The second-order valence-corrected chi connectivity index (χ2v) is 4.76. The Morgan fingerprint density at radius 2 is 1.75 bits per heavy atom. The summed E-state index contributed by atoms with van der Waals surface area (Å²) in [7, 11) is 0. The normalized spacial score (nSPS) is 24.9. The quantitative estimate of drug-likeness (QED) is 0.662. The Hall–Kier alpha value is -1.10. The van der Waals surface area contributed by atoms with Gasteiger partial charge in [-0.15, -0.1) is 0 Å². The van der Waals surface area contributed by atoms with Gasteiger partial charge in [-0.3, -0.25) is 9.59 Å². The van der Waals surface area contributed by atoms with Crippen molar-refractivity contribution in [2.45, 2.75) is 38.2 Å². The fraction of sp³-hybridized carbons (Fsp3) is 0.818. The molecule has 1 amide bonds. The Labute approximate surface area is 94.0 Å². The highest BCUT2D eigenvalue weighted by molar-refractivity contribution is 6.02. The van der Waals surface area contributed by atoms with E-state index in [9.17, 15) is 14.7 Å². The molecule has 2 rings (SSSR count). The minimum absolute atomic E-state index is 0.252. The zero-order chi connectivity index (χ0) is 11.8. The lowest BCUT2D eigenvalue weighted by Gasteiger charge is -2.41. The van der Waals surface area contributed by atoms with Gasteiger partial charge in [-0.05, 0) is 25.7 Å². The SMILES string of the molecule is O=C(O)C1(C(=O)N2CCC(O)CC2)CCC1. The minimum atomic E-state index is -1.15. The largest absolute Gasteiger partial charge is 0.480 e. The third-order valence-electron chi connectivity index (χ3n) is 3.78. The Kier molecular flexibility index (Phi) is 2.88. The highest BCUT2D eigenvalue weighted by Gasteiger charge is 2.53. The summed E-state index contributed by atoms with van der Waals surface area (Å²) < 4.78 is 0. The fourth-order valence-corrected chi connectivity index (χ4v) is 2.42. The van der Waals surface area contributed by atoms with Crippen molar-refractivity contribution < 1.29 is 19.8 Å². The van der Waals surface area contributed by atoms with Crippen molar-refractivity contribution >= 4 is 11.9 Å². The van der Waals surface area contributed by atoms with Crippen LogP contribution in [-0.2, 0) is 9.59 Å². The molecular formula is C11H17NO4. The van der Waals surface area contributed by atoms with Crippen molar-refractivity contribution in [3.8, 4) is 0 Å². The number of piperidine rings is 1. The molecule has 5 heteroatoms. The Balaban J connectivity index is 2.04. The average molecular weight is 227 g/mol. The first-order chi connectivity index (χ1) is 7.56. The zero-order valence-corrected chi connectivity index (χ0v) is 9.19. The molecule has 16 heavy (non-hydrogen) atoms. The Bertz CT molecular complexity index is 303. The van der Waals surface area contributed by atoms with Crippen LogP contribution in [0.25, 0.3) is 0 Å². The molecule has 0 radical (unpaired) electrons. The molecule has 1 saturated carbocycles. The molecule has 1 saturated heterocycles. The summed E-state index contributed by atoms with van der Waals surface area (Å²) in [6, 6.07) is 0. The molecule has 0 atom stereocenters. The van der Waals surface area contributed by atoms with Crippen LogP contribution in [0.1, 0.15) is 32.1 Å². The minimum Gasteiger partial charge on any atom is -0.480 e. The number of carbonyl (C=O) groups is 2. The maximum Gasteiger partial charge on any atom is 0.319 e. The van der Waals surface area contributed by atoms with Crippen LogP contribution in [0, 0.1) is 5.41 Å². The lowest BCUT2D eigenvalue weighted by atomic mass is 9.67. The van der Waals surface area contributed by atoms with Gasteiger partial charge in [0.15, 0.2) is 0 Å². The maximum absolute atomic E-state index is 12.1. The summed E-state index contributed by atoms with van der Waals surface area (Å²) >= 11 is 0. The highest BCUT2D eigenvalue weighted by Crippen LogP contribution is 2.43. The number of hydrogen-bond donors (Lipinski definition) is 2. The van der Waals surface area contributed by atoms with Crippen molar-refractivity contribution in [1.29, 1.82) is 0 Å². The average Bonchev–Trinajstić information content (AvgIpc) is 2.16. The molecule has 2 aliphatic rings. The maximum atomic E-state index is 12.1. The van der Waals surface area contributed by atoms with Crippen LogP contribution < -0.4 is 0 Å². The summed E-state index contributed by atoms with van der Waals surface area (Å²) in [6.07, 6.45) is 2.50. The predicted octanol–water partition coefficient (Wildman–Crippen LogP) is 0.225. The summed E-state index contributed by atoms with van der Waals surface area (Å²) in [5.41, 5.74) is -1.15. The molecule has 0 bridgehead atoms. The highest BCUT2D eigenvalue weighted by atomic mass is 16.4. The van der Waals surface area contributed by atoms with E-state index >= 15 is 0 Å². The van der Waals surface area contributed by atoms with E-state index in [4.69, 9.17) is 5.11 Å². The third kappa shape index (κ3) is 1.69. The molecule has 0 unspecified atom stereocenters. The van der Waals surface area contributed by atoms with Crippen molar-refractivity contribution in [3.05, 3.63) is 0 Å². The monoisotopic (exact) mass is 227 g/mol. The smallest absolute Gasteiger partial charge is 0.319 e. The topological polar surface area (TPSA) is 77.8 Å². The van der Waals surface area contributed by atoms with Gasteiger partial charge in [-0.1, -0.05) is 6.42 Å². The van der Waals surface area contributed by atoms with Gasteiger partial charge < -0.3 is 15.1 Å². The van der Waals surface area contributed by atoms with Crippen molar-refractivity contribution in [3.63, 3.8) is 0 Å². The van der Waals surface area contributed by atoms with E-state index < -0.39 is 11.4 Å². The van der Waals surface area contributed by atoms with E-state index in [0.717, 1.165) is 6.42 Å². The standard InChI is InChI=1S/C11H17NO4/c13-8-2-6-12(7-3-8)9(14)11(10(15)16)4-1-5-11/h8,13H,1-7H2,(H,15,16). The van der Waals surface area contributed by atoms with Gasteiger partial charge in [-0.2, -0.15) is 0 Å². The number of amides is 1. The molecule has 0 aromatic rings. The molecule has 1 heterocycles. The van der Waals surface area contributed by atoms with E-state index in [0.29, 0.717) is 38.8 Å². The second kappa shape index (κ2) is 4.05. The number of aliphatic carboxylic acids is 1. The summed E-state index contributed by atoms with van der Waals surface area (Å²) in [6.45, 7) is 0.962. The van der Waals surface area contributed by atoms with Gasteiger partial charge in [0.05, 0.1) is 6.10 Å². The van der Waals surface area contributed by atoms with Crippen LogP contribution >= 0.6 is 0 Å². The van der Waals surface area contributed by atoms with E-state index in [1.807, 2.05) is 0 Å². The number of hydrogen-bond acceptors (Lipinski definition) is 3. The van der Waals surface area contributed by atoms with E-state index in [-0.39, 0.29) is 12.0 Å². The molecule has 0 aromatic heterocycles.